The first-order valence-electron chi connectivity index (χ1n) is 5.24. The number of hydrogen-bond donors (Lipinski definition) is 1. The minimum Gasteiger partial charge on any atom is -0.377 e. The minimum atomic E-state index is 0.240. The number of rotatable bonds is 8. The molecule has 0 aromatic carbocycles. The Kier molecular flexibility index (Phi) is 8.40. The summed E-state index contributed by atoms with van der Waals surface area (Å²) in [6, 6.07) is 0. The van der Waals surface area contributed by atoms with E-state index in [2.05, 4.69) is 18.9 Å². The predicted octanol–water partition coefficient (Wildman–Crippen LogP) is 1.08. The van der Waals surface area contributed by atoms with E-state index >= 15 is 0 Å². The SMILES string of the molecule is CCCN(C)CCC(CN)OCC. The Hall–Kier alpha value is -0.120. The Morgan fingerprint density at radius 1 is 1.31 bits per heavy atom. The topological polar surface area (TPSA) is 38.5 Å². The van der Waals surface area contributed by atoms with Crippen molar-refractivity contribution in [3.8, 4) is 0 Å². The summed E-state index contributed by atoms with van der Waals surface area (Å²) in [6.45, 7) is 7.84. The van der Waals surface area contributed by atoms with Gasteiger partial charge in [-0.1, -0.05) is 6.92 Å². The van der Waals surface area contributed by atoms with E-state index < -0.39 is 0 Å². The van der Waals surface area contributed by atoms with Gasteiger partial charge in [0, 0.05) is 19.7 Å². The summed E-state index contributed by atoms with van der Waals surface area (Å²) in [5.74, 6) is 0. The van der Waals surface area contributed by atoms with Crippen molar-refractivity contribution in [3.63, 3.8) is 0 Å². The molecule has 3 heteroatoms. The van der Waals surface area contributed by atoms with Gasteiger partial charge in [-0.05, 0) is 33.4 Å². The van der Waals surface area contributed by atoms with Crippen LogP contribution in [0.2, 0.25) is 0 Å². The molecular formula is C10H24N2O. The van der Waals surface area contributed by atoms with Crippen LogP contribution in [0.15, 0.2) is 0 Å². The molecule has 0 amide bonds. The van der Waals surface area contributed by atoms with Crippen molar-refractivity contribution in [2.24, 2.45) is 5.73 Å². The number of ether oxygens (including phenoxy) is 1. The first-order chi connectivity index (χ1) is 6.24. The second-order valence-corrected chi connectivity index (χ2v) is 3.41. The van der Waals surface area contributed by atoms with Crippen LogP contribution in [0.5, 0.6) is 0 Å². The number of nitrogens with two attached hydrogens (primary N) is 1. The van der Waals surface area contributed by atoms with Gasteiger partial charge in [0.15, 0.2) is 0 Å². The molecule has 0 aliphatic carbocycles. The molecule has 2 N–H and O–H groups in total. The first-order valence-corrected chi connectivity index (χ1v) is 5.24. The summed E-state index contributed by atoms with van der Waals surface area (Å²) in [4.78, 5) is 2.32. The van der Waals surface area contributed by atoms with Crippen molar-refractivity contribution in [3.05, 3.63) is 0 Å². The van der Waals surface area contributed by atoms with Crippen LogP contribution in [-0.4, -0.2) is 44.3 Å². The van der Waals surface area contributed by atoms with Gasteiger partial charge in [0.25, 0.3) is 0 Å². The fraction of sp³-hybridized carbons (Fsp3) is 1.00. The van der Waals surface area contributed by atoms with Gasteiger partial charge in [-0.15, -0.1) is 0 Å². The summed E-state index contributed by atoms with van der Waals surface area (Å²) in [7, 11) is 2.14. The lowest BCUT2D eigenvalue weighted by Gasteiger charge is -2.20. The fourth-order valence-electron chi connectivity index (χ4n) is 1.36. The van der Waals surface area contributed by atoms with Crippen molar-refractivity contribution in [1.29, 1.82) is 0 Å². The molecule has 0 aromatic heterocycles. The predicted molar refractivity (Wildman–Crippen MR) is 56.9 cm³/mol. The number of nitrogens with zero attached hydrogens (tertiary/aromatic N) is 1. The van der Waals surface area contributed by atoms with Crippen LogP contribution in [0.3, 0.4) is 0 Å². The van der Waals surface area contributed by atoms with E-state index in [0.717, 1.165) is 26.1 Å². The van der Waals surface area contributed by atoms with Gasteiger partial charge in [-0.2, -0.15) is 0 Å². The molecule has 0 saturated carbocycles. The van der Waals surface area contributed by atoms with Gasteiger partial charge in [-0.3, -0.25) is 0 Å². The van der Waals surface area contributed by atoms with Crippen molar-refractivity contribution in [2.75, 3.05) is 33.3 Å². The summed E-state index contributed by atoms with van der Waals surface area (Å²) in [5.41, 5.74) is 5.58. The highest BCUT2D eigenvalue weighted by Gasteiger charge is 2.06. The molecule has 1 atom stereocenters. The smallest absolute Gasteiger partial charge is 0.0709 e. The largest absolute Gasteiger partial charge is 0.377 e. The third-order valence-electron chi connectivity index (χ3n) is 2.10. The lowest BCUT2D eigenvalue weighted by Crippen LogP contribution is -2.30. The Labute approximate surface area is 82.2 Å². The molecular weight excluding hydrogens is 164 g/mol. The molecule has 13 heavy (non-hydrogen) atoms. The zero-order chi connectivity index (χ0) is 10.1. The van der Waals surface area contributed by atoms with Crippen molar-refractivity contribution in [2.45, 2.75) is 32.8 Å². The molecule has 1 unspecified atom stereocenters. The average Bonchev–Trinajstić information content (AvgIpc) is 2.12. The summed E-state index contributed by atoms with van der Waals surface area (Å²) in [5, 5.41) is 0. The van der Waals surface area contributed by atoms with E-state index in [4.69, 9.17) is 10.5 Å². The molecule has 0 saturated heterocycles. The van der Waals surface area contributed by atoms with Crippen LogP contribution in [0.25, 0.3) is 0 Å². The summed E-state index contributed by atoms with van der Waals surface area (Å²) in [6.07, 6.45) is 2.49. The highest BCUT2D eigenvalue weighted by Crippen LogP contribution is 1.98. The fourth-order valence-corrected chi connectivity index (χ4v) is 1.36. The van der Waals surface area contributed by atoms with E-state index in [1.807, 2.05) is 6.92 Å². The molecule has 0 aromatic rings. The highest BCUT2D eigenvalue weighted by molar-refractivity contribution is 4.61. The summed E-state index contributed by atoms with van der Waals surface area (Å²) < 4.78 is 5.47. The standard InChI is InChI=1S/C10H24N2O/c1-4-7-12(3)8-6-10(9-11)13-5-2/h10H,4-9,11H2,1-3H3. The Morgan fingerprint density at radius 3 is 2.46 bits per heavy atom. The molecule has 0 aliphatic heterocycles. The quantitative estimate of drug-likeness (QED) is 0.619. The molecule has 0 rings (SSSR count). The van der Waals surface area contributed by atoms with Gasteiger partial charge >= 0.3 is 0 Å². The number of hydrogen-bond acceptors (Lipinski definition) is 3. The molecule has 0 aliphatic rings. The van der Waals surface area contributed by atoms with E-state index in [-0.39, 0.29) is 6.10 Å². The molecule has 3 nitrogen and oxygen atoms in total. The molecule has 0 fully saturated rings. The highest BCUT2D eigenvalue weighted by atomic mass is 16.5. The van der Waals surface area contributed by atoms with Gasteiger partial charge in [0.1, 0.15) is 0 Å². The zero-order valence-electron chi connectivity index (χ0n) is 9.25. The van der Waals surface area contributed by atoms with Crippen LogP contribution in [0.1, 0.15) is 26.7 Å². The second-order valence-electron chi connectivity index (χ2n) is 3.41. The zero-order valence-corrected chi connectivity index (χ0v) is 9.25. The maximum Gasteiger partial charge on any atom is 0.0709 e. The van der Waals surface area contributed by atoms with Crippen molar-refractivity contribution in [1.82, 2.24) is 4.90 Å². The Bertz CT molecular complexity index is 109. The van der Waals surface area contributed by atoms with E-state index in [9.17, 15) is 0 Å². The van der Waals surface area contributed by atoms with Gasteiger partial charge in [-0.25, -0.2) is 0 Å². The first kappa shape index (κ1) is 12.9. The van der Waals surface area contributed by atoms with E-state index in [0.29, 0.717) is 6.54 Å². The van der Waals surface area contributed by atoms with Crippen LogP contribution in [0.4, 0.5) is 0 Å². The lowest BCUT2D eigenvalue weighted by molar-refractivity contribution is 0.0564. The van der Waals surface area contributed by atoms with Crippen LogP contribution in [-0.2, 0) is 4.74 Å². The van der Waals surface area contributed by atoms with E-state index in [1.54, 1.807) is 0 Å². The molecule has 80 valence electrons. The van der Waals surface area contributed by atoms with E-state index in [1.165, 1.54) is 6.42 Å². The van der Waals surface area contributed by atoms with Gasteiger partial charge in [0.2, 0.25) is 0 Å². The Balaban J connectivity index is 3.46. The molecule has 0 spiro atoms. The van der Waals surface area contributed by atoms with Crippen LogP contribution >= 0.6 is 0 Å². The normalized spacial score (nSPS) is 13.6. The van der Waals surface area contributed by atoms with Crippen molar-refractivity contribution >= 4 is 0 Å². The average molecular weight is 188 g/mol. The minimum absolute atomic E-state index is 0.240. The van der Waals surface area contributed by atoms with Crippen molar-refractivity contribution < 1.29 is 4.74 Å². The van der Waals surface area contributed by atoms with Crippen LogP contribution < -0.4 is 5.73 Å². The third-order valence-corrected chi connectivity index (χ3v) is 2.10. The monoisotopic (exact) mass is 188 g/mol. The van der Waals surface area contributed by atoms with Gasteiger partial charge in [0.05, 0.1) is 6.10 Å². The summed E-state index contributed by atoms with van der Waals surface area (Å²) >= 11 is 0. The maximum atomic E-state index is 5.58. The van der Waals surface area contributed by atoms with Gasteiger partial charge < -0.3 is 15.4 Å². The third kappa shape index (κ3) is 6.99. The van der Waals surface area contributed by atoms with Crippen LogP contribution in [0, 0.1) is 0 Å². The molecule has 0 heterocycles. The maximum absolute atomic E-state index is 5.58. The second kappa shape index (κ2) is 8.48. The molecule has 0 radical (unpaired) electrons. The molecule has 0 bridgehead atoms. The lowest BCUT2D eigenvalue weighted by atomic mass is 10.2. The Morgan fingerprint density at radius 2 is 2.00 bits per heavy atom.